The van der Waals surface area contributed by atoms with Gasteiger partial charge < -0.3 is 33.5 Å². The van der Waals surface area contributed by atoms with Crippen LogP contribution in [-0.2, 0) is 58.6 Å². The van der Waals surface area contributed by atoms with Crippen LogP contribution >= 0.6 is 0 Å². The number of benzene rings is 6. The van der Waals surface area contributed by atoms with E-state index in [9.17, 15) is 9.90 Å². The number of ether oxygens (including phenoxy) is 6. The van der Waals surface area contributed by atoms with Crippen molar-refractivity contribution in [1.29, 1.82) is 0 Å². The number of hydrogen-bond acceptors (Lipinski definition) is 7. The fourth-order valence-corrected chi connectivity index (χ4v) is 7.14. The van der Waals surface area contributed by atoms with Crippen molar-refractivity contribution in [1.82, 2.24) is 0 Å². The van der Waals surface area contributed by atoms with E-state index in [4.69, 9.17) is 28.4 Å². The van der Waals surface area contributed by atoms with Crippen LogP contribution in [0.25, 0.3) is 0 Å². The molecule has 0 radical (unpaired) electrons. The fourth-order valence-electron chi connectivity index (χ4n) is 7.14. The summed E-state index contributed by atoms with van der Waals surface area (Å²) in [4.78, 5) is 12.0. The third-order valence-electron chi connectivity index (χ3n) is 9.82. The first-order chi connectivity index (χ1) is 27.6. The Hall–Kier alpha value is -5.45. The molecule has 5 atom stereocenters. The Morgan fingerprint density at radius 2 is 0.839 bits per heavy atom. The van der Waals surface area contributed by atoms with Crippen molar-refractivity contribution in [3.05, 3.63) is 215 Å². The molecule has 7 rings (SSSR count). The maximum Gasteiger partial charge on any atom is 0.329 e. The molecule has 1 aliphatic rings. The smallest absolute Gasteiger partial charge is 0.329 e. The highest BCUT2D eigenvalue weighted by Gasteiger charge is 2.50. The molecule has 1 heterocycles. The van der Waals surface area contributed by atoms with Gasteiger partial charge in [0.15, 0.2) is 6.29 Å². The van der Waals surface area contributed by atoms with Crippen molar-refractivity contribution >= 4 is 5.97 Å². The molecule has 6 aromatic carbocycles. The number of carboxylic acid groups (broad SMARTS) is 1. The molecule has 0 aliphatic carbocycles. The molecule has 1 aliphatic heterocycles. The summed E-state index contributed by atoms with van der Waals surface area (Å²) < 4.78 is 40.3. The number of carbonyl (C=O) groups is 1. The minimum absolute atomic E-state index is 0.0155. The lowest BCUT2D eigenvalue weighted by atomic mass is 9.80. The maximum absolute atomic E-state index is 12.0. The van der Waals surface area contributed by atoms with Gasteiger partial charge in [-0.05, 0) is 33.4 Å². The summed E-state index contributed by atoms with van der Waals surface area (Å²) in [5.41, 5.74) is 4.56. The van der Waals surface area contributed by atoms with E-state index < -0.39 is 48.9 Å². The molecule has 0 spiro atoms. The largest absolute Gasteiger partial charge is 0.480 e. The van der Waals surface area contributed by atoms with Gasteiger partial charge in [-0.2, -0.15) is 0 Å². The summed E-state index contributed by atoms with van der Waals surface area (Å²) in [5, 5.41) is 9.77. The molecule has 6 aromatic rings. The monoisotopic (exact) mass is 750 g/mol. The van der Waals surface area contributed by atoms with Crippen molar-refractivity contribution in [2.45, 2.75) is 56.1 Å². The molecule has 8 heteroatoms. The quantitative estimate of drug-likeness (QED) is 0.0875. The first kappa shape index (κ1) is 38.8. The first-order valence-electron chi connectivity index (χ1n) is 18.9. The zero-order chi connectivity index (χ0) is 38.4. The second-order valence-electron chi connectivity index (χ2n) is 13.6. The Morgan fingerprint density at radius 3 is 1.23 bits per heavy atom. The van der Waals surface area contributed by atoms with Gasteiger partial charge >= 0.3 is 5.97 Å². The van der Waals surface area contributed by atoms with Crippen molar-refractivity contribution in [3.63, 3.8) is 0 Å². The molecule has 1 N–H and O–H groups in total. The second kappa shape index (κ2) is 19.4. The fraction of sp³-hybridized carbons (Fsp3) is 0.229. The Bertz CT molecular complexity index is 1940. The van der Waals surface area contributed by atoms with E-state index in [0.29, 0.717) is 0 Å². The topological polar surface area (TPSA) is 92.7 Å². The van der Waals surface area contributed by atoms with Crippen LogP contribution in [0.15, 0.2) is 182 Å². The molecular formula is C48H46O8. The van der Waals surface area contributed by atoms with Crippen LogP contribution in [0.1, 0.15) is 33.4 Å². The van der Waals surface area contributed by atoms with Gasteiger partial charge in [-0.25, -0.2) is 4.79 Å². The molecule has 286 valence electrons. The molecule has 56 heavy (non-hydrogen) atoms. The Balaban J connectivity index is 1.30. The predicted molar refractivity (Wildman–Crippen MR) is 212 cm³/mol. The summed E-state index contributed by atoms with van der Waals surface area (Å²) >= 11 is 0. The average molecular weight is 751 g/mol. The second-order valence-corrected chi connectivity index (χ2v) is 13.6. The van der Waals surface area contributed by atoms with Crippen molar-refractivity contribution in [2.24, 2.45) is 0 Å². The third-order valence-corrected chi connectivity index (χ3v) is 9.82. The first-order valence-corrected chi connectivity index (χ1v) is 18.9. The number of carboxylic acids is 1. The van der Waals surface area contributed by atoms with Gasteiger partial charge in [-0.3, -0.25) is 0 Å². The molecule has 1 fully saturated rings. The number of aliphatic carboxylic acids is 1. The number of hydrogen-bond donors (Lipinski definition) is 1. The highest BCUT2D eigenvalue weighted by atomic mass is 16.7. The minimum atomic E-state index is -1.14. The van der Waals surface area contributed by atoms with Crippen LogP contribution in [0.5, 0.6) is 0 Å². The normalized spacial score (nSPS) is 19.7. The third kappa shape index (κ3) is 9.67. The van der Waals surface area contributed by atoms with Crippen molar-refractivity contribution < 1.29 is 38.3 Å². The van der Waals surface area contributed by atoms with E-state index in [-0.39, 0.29) is 26.4 Å². The molecule has 0 saturated carbocycles. The Morgan fingerprint density at radius 1 is 0.482 bits per heavy atom. The Kier molecular flexibility index (Phi) is 13.5. The molecule has 8 nitrogen and oxygen atoms in total. The van der Waals surface area contributed by atoms with Gasteiger partial charge in [0.1, 0.15) is 36.6 Å². The molecule has 0 aromatic heterocycles. The molecule has 1 saturated heterocycles. The maximum atomic E-state index is 12.0. The van der Waals surface area contributed by atoms with Crippen LogP contribution in [0.2, 0.25) is 0 Å². The van der Waals surface area contributed by atoms with E-state index in [1.54, 1.807) is 0 Å². The summed E-state index contributed by atoms with van der Waals surface area (Å²) in [6.07, 6.45) is -4.34. The molecule has 0 bridgehead atoms. The predicted octanol–water partition coefficient (Wildman–Crippen LogP) is 8.58. The van der Waals surface area contributed by atoms with E-state index in [0.717, 1.165) is 33.4 Å². The lowest BCUT2D eigenvalue weighted by Crippen LogP contribution is -2.62. The van der Waals surface area contributed by atoms with Crippen molar-refractivity contribution in [2.75, 3.05) is 13.2 Å². The van der Waals surface area contributed by atoms with E-state index in [1.807, 2.05) is 146 Å². The van der Waals surface area contributed by atoms with E-state index in [2.05, 4.69) is 36.4 Å². The summed E-state index contributed by atoms with van der Waals surface area (Å²) in [6.45, 7) is 0.111. The lowest BCUT2D eigenvalue weighted by Gasteiger charge is -2.47. The summed E-state index contributed by atoms with van der Waals surface area (Å²) in [7, 11) is 0. The van der Waals surface area contributed by atoms with Crippen LogP contribution < -0.4 is 0 Å². The molecule has 0 unspecified atom stereocenters. The zero-order valence-corrected chi connectivity index (χ0v) is 31.0. The van der Waals surface area contributed by atoms with Crippen LogP contribution in [-0.4, -0.2) is 55.0 Å². The van der Waals surface area contributed by atoms with E-state index >= 15 is 0 Å². The van der Waals surface area contributed by atoms with Gasteiger partial charge in [0.2, 0.25) is 0 Å². The Labute approximate surface area is 328 Å². The van der Waals surface area contributed by atoms with Gasteiger partial charge in [0.25, 0.3) is 0 Å². The van der Waals surface area contributed by atoms with Crippen LogP contribution in [0.4, 0.5) is 0 Å². The van der Waals surface area contributed by atoms with Crippen LogP contribution in [0, 0.1) is 0 Å². The van der Waals surface area contributed by atoms with E-state index in [1.165, 1.54) is 0 Å². The van der Waals surface area contributed by atoms with Gasteiger partial charge in [-0.15, -0.1) is 0 Å². The standard InChI is InChI=1S/C48H46O8/c49-43(50)35-54-47-46(53-33-38-23-11-3-12-24-38)45(52-32-37-21-9-2-10-22-37)44(51-31-36-19-7-1-8-20-36)42(56-47)34-55-48(39-25-13-4-14-26-39,40-27-15-5-16-28-40)41-29-17-6-18-30-41/h1-30,42,44-47H,31-35H2,(H,49,50)/t42-,44-,45+,46-,47+/m1/s1. The summed E-state index contributed by atoms with van der Waals surface area (Å²) in [5.74, 6) is -1.14. The SMILES string of the molecule is O=C(O)CO[C@H]1O[C@H](COC(c2ccccc2)(c2ccccc2)c2ccccc2)[C@@H](OCc2ccccc2)[C@H](OCc2ccccc2)[C@H]1OCc1ccccc1. The molecular weight excluding hydrogens is 705 g/mol. The lowest BCUT2D eigenvalue weighted by molar-refractivity contribution is -0.329. The van der Waals surface area contributed by atoms with Gasteiger partial charge in [-0.1, -0.05) is 182 Å². The average Bonchev–Trinajstić information content (AvgIpc) is 3.26. The van der Waals surface area contributed by atoms with Gasteiger partial charge in [0, 0.05) is 0 Å². The van der Waals surface area contributed by atoms with Crippen molar-refractivity contribution in [3.8, 4) is 0 Å². The van der Waals surface area contributed by atoms with Gasteiger partial charge in [0.05, 0.1) is 26.4 Å². The molecule has 0 amide bonds. The highest BCUT2D eigenvalue weighted by Crippen LogP contribution is 2.42. The summed E-state index contributed by atoms with van der Waals surface area (Å²) in [6, 6.07) is 59.8. The zero-order valence-electron chi connectivity index (χ0n) is 31.0. The highest BCUT2D eigenvalue weighted by molar-refractivity contribution is 5.68. The minimum Gasteiger partial charge on any atom is -0.480 e. The number of rotatable bonds is 18. The van der Waals surface area contributed by atoms with Crippen LogP contribution in [0.3, 0.4) is 0 Å².